The van der Waals surface area contributed by atoms with Crippen LogP contribution in [0.2, 0.25) is 0 Å². The fourth-order valence-corrected chi connectivity index (χ4v) is 1.95. The highest BCUT2D eigenvalue weighted by molar-refractivity contribution is 8.00. The summed E-state index contributed by atoms with van der Waals surface area (Å²) in [4.78, 5) is 21.7. The Kier molecular flexibility index (Phi) is 3.71. The molecule has 1 aliphatic rings. The number of carbonyl (C=O) groups is 2. The number of ketones is 1. The smallest absolute Gasteiger partial charge is 0.316 e. The number of carboxylic acids is 1. The second kappa shape index (κ2) is 4.61. The van der Waals surface area contributed by atoms with Crippen molar-refractivity contribution in [3.05, 3.63) is 11.6 Å². The first-order chi connectivity index (χ1) is 6.50. The number of Topliss-reactive ketones (excluding diaryl/α,β-unsaturated/α-hetero) is 1. The molecule has 0 fully saturated rings. The van der Waals surface area contributed by atoms with Crippen LogP contribution in [0.15, 0.2) is 11.6 Å². The van der Waals surface area contributed by atoms with E-state index in [1.807, 2.05) is 0 Å². The molecule has 0 aromatic rings. The molecule has 2 atom stereocenters. The Balaban J connectivity index is 2.42. The van der Waals surface area contributed by atoms with E-state index in [-0.39, 0.29) is 12.2 Å². The first-order valence-electron chi connectivity index (χ1n) is 4.27. The monoisotopic (exact) mass is 216 g/mol. The molecule has 0 saturated heterocycles. The lowest BCUT2D eigenvalue weighted by Crippen LogP contribution is -2.13. The van der Waals surface area contributed by atoms with Gasteiger partial charge in [-0.1, -0.05) is 0 Å². The zero-order chi connectivity index (χ0) is 10.7. The van der Waals surface area contributed by atoms with E-state index in [0.717, 1.165) is 0 Å². The van der Waals surface area contributed by atoms with E-state index in [2.05, 4.69) is 0 Å². The van der Waals surface area contributed by atoms with Crippen LogP contribution in [0, 0.1) is 0 Å². The number of carboxylic acid groups (broad SMARTS) is 1. The molecule has 1 aliphatic carbocycles. The summed E-state index contributed by atoms with van der Waals surface area (Å²) in [7, 11) is 0. The lowest BCUT2D eigenvalue weighted by atomic mass is 10.2. The number of aliphatic hydroxyl groups excluding tert-OH is 1. The lowest BCUT2D eigenvalue weighted by molar-refractivity contribution is -0.136. The summed E-state index contributed by atoms with van der Waals surface area (Å²) in [6.07, 6.45) is 0.958. The minimum atomic E-state index is -0.887. The van der Waals surface area contributed by atoms with Crippen LogP contribution in [-0.2, 0) is 9.59 Å². The van der Waals surface area contributed by atoms with Gasteiger partial charge in [0.25, 0.3) is 0 Å². The van der Waals surface area contributed by atoms with Crippen molar-refractivity contribution in [3.63, 3.8) is 0 Å². The van der Waals surface area contributed by atoms with Crippen molar-refractivity contribution in [1.29, 1.82) is 0 Å². The second-order valence-electron chi connectivity index (χ2n) is 3.18. The maximum absolute atomic E-state index is 11.2. The minimum absolute atomic E-state index is 0.0809. The molecular formula is C9H12O4S. The zero-order valence-electron chi connectivity index (χ0n) is 7.77. The largest absolute Gasteiger partial charge is 0.480 e. The Labute approximate surface area is 86.0 Å². The molecule has 0 bridgehead atoms. The van der Waals surface area contributed by atoms with E-state index < -0.39 is 17.3 Å². The van der Waals surface area contributed by atoms with Gasteiger partial charge >= 0.3 is 5.97 Å². The number of hydrogen-bond acceptors (Lipinski definition) is 4. The summed E-state index contributed by atoms with van der Waals surface area (Å²) < 4.78 is 0. The SMILES string of the molecule is CC(SCC1=C[C@H](O)CC1=O)C(=O)O. The van der Waals surface area contributed by atoms with Crippen molar-refractivity contribution in [2.45, 2.75) is 24.7 Å². The molecule has 0 aromatic carbocycles. The van der Waals surface area contributed by atoms with E-state index in [4.69, 9.17) is 10.2 Å². The van der Waals surface area contributed by atoms with Crippen LogP contribution in [0.25, 0.3) is 0 Å². The van der Waals surface area contributed by atoms with Crippen molar-refractivity contribution in [3.8, 4) is 0 Å². The van der Waals surface area contributed by atoms with Gasteiger partial charge in [-0.15, -0.1) is 11.8 Å². The van der Waals surface area contributed by atoms with Gasteiger partial charge in [-0.3, -0.25) is 9.59 Å². The Hall–Kier alpha value is -0.810. The topological polar surface area (TPSA) is 74.6 Å². The lowest BCUT2D eigenvalue weighted by Gasteiger charge is -2.05. The number of hydrogen-bond donors (Lipinski definition) is 2. The molecule has 14 heavy (non-hydrogen) atoms. The number of thioether (sulfide) groups is 1. The van der Waals surface area contributed by atoms with E-state index in [1.54, 1.807) is 6.92 Å². The first kappa shape index (κ1) is 11.3. The molecule has 5 heteroatoms. The Morgan fingerprint density at radius 2 is 2.43 bits per heavy atom. The van der Waals surface area contributed by atoms with Gasteiger partial charge in [0.05, 0.1) is 11.4 Å². The Bertz CT molecular complexity index is 285. The third-order valence-corrected chi connectivity index (χ3v) is 3.16. The van der Waals surface area contributed by atoms with Crippen LogP contribution in [-0.4, -0.2) is 39.1 Å². The molecule has 0 amide bonds. The van der Waals surface area contributed by atoms with Gasteiger partial charge < -0.3 is 10.2 Å². The summed E-state index contributed by atoms with van der Waals surface area (Å²) in [6.45, 7) is 1.57. The Morgan fingerprint density at radius 3 is 2.86 bits per heavy atom. The van der Waals surface area contributed by atoms with Gasteiger partial charge in [0.15, 0.2) is 5.78 Å². The van der Waals surface area contributed by atoms with Gasteiger partial charge in [-0.05, 0) is 13.0 Å². The quantitative estimate of drug-likeness (QED) is 0.713. The Morgan fingerprint density at radius 1 is 1.79 bits per heavy atom. The molecule has 0 heterocycles. The molecule has 1 rings (SSSR count). The molecule has 0 aromatic heterocycles. The van der Waals surface area contributed by atoms with Gasteiger partial charge in [-0.2, -0.15) is 0 Å². The van der Waals surface area contributed by atoms with Crippen LogP contribution >= 0.6 is 11.8 Å². The summed E-state index contributed by atoms with van der Waals surface area (Å²) in [5.41, 5.74) is 0.538. The van der Waals surface area contributed by atoms with E-state index in [1.165, 1.54) is 17.8 Å². The van der Waals surface area contributed by atoms with Crippen molar-refractivity contribution >= 4 is 23.5 Å². The van der Waals surface area contributed by atoms with Gasteiger partial charge in [0.2, 0.25) is 0 Å². The van der Waals surface area contributed by atoms with Crippen LogP contribution < -0.4 is 0 Å². The van der Waals surface area contributed by atoms with E-state index >= 15 is 0 Å². The molecule has 0 radical (unpaired) electrons. The second-order valence-corrected chi connectivity index (χ2v) is 4.51. The first-order valence-corrected chi connectivity index (χ1v) is 5.32. The van der Waals surface area contributed by atoms with Crippen LogP contribution in [0.4, 0.5) is 0 Å². The van der Waals surface area contributed by atoms with Gasteiger partial charge in [-0.25, -0.2) is 0 Å². The van der Waals surface area contributed by atoms with Gasteiger partial charge in [0, 0.05) is 17.7 Å². The average Bonchev–Trinajstić information content (AvgIpc) is 2.40. The number of carbonyl (C=O) groups excluding carboxylic acids is 1. The van der Waals surface area contributed by atoms with Crippen molar-refractivity contribution in [2.75, 3.05) is 5.75 Å². The number of aliphatic hydroxyl groups is 1. The molecule has 4 nitrogen and oxygen atoms in total. The summed E-state index contributed by atoms with van der Waals surface area (Å²) in [6, 6.07) is 0. The molecule has 0 aliphatic heterocycles. The summed E-state index contributed by atoms with van der Waals surface area (Å²) in [5.74, 6) is -0.604. The summed E-state index contributed by atoms with van der Waals surface area (Å²) >= 11 is 1.19. The van der Waals surface area contributed by atoms with Crippen molar-refractivity contribution in [2.24, 2.45) is 0 Å². The highest BCUT2D eigenvalue weighted by atomic mass is 32.2. The molecule has 78 valence electrons. The minimum Gasteiger partial charge on any atom is -0.480 e. The van der Waals surface area contributed by atoms with Crippen LogP contribution in [0.3, 0.4) is 0 Å². The maximum atomic E-state index is 11.2. The third-order valence-electron chi connectivity index (χ3n) is 1.98. The zero-order valence-corrected chi connectivity index (χ0v) is 8.58. The average molecular weight is 216 g/mol. The highest BCUT2D eigenvalue weighted by Crippen LogP contribution is 2.21. The molecular weight excluding hydrogens is 204 g/mol. The van der Waals surface area contributed by atoms with Crippen molar-refractivity contribution < 1.29 is 19.8 Å². The standard InChI is InChI=1S/C9H12O4S/c1-5(9(12)13)14-4-6-2-7(10)3-8(6)11/h2,5,7,10H,3-4H2,1H3,(H,12,13)/t5?,7-/m0/s1. The maximum Gasteiger partial charge on any atom is 0.316 e. The predicted molar refractivity (Wildman–Crippen MR) is 53.3 cm³/mol. The number of aliphatic carboxylic acids is 1. The third kappa shape index (κ3) is 2.85. The van der Waals surface area contributed by atoms with E-state index in [9.17, 15) is 9.59 Å². The predicted octanol–water partition coefficient (Wildman–Crippen LogP) is 0.453. The van der Waals surface area contributed by atoms with E-state index in [0.29, 0.717) is 11.3 Å². The number of rotatable bonds is 4. The molecule has 0 spiro atoms. The van der Waals surface area contributed by atoms with Crippen LogP contribution in [0.5, 0.6) is 0 Å². The molecule has 0 saturated carbocycles. The fourth-order valence-electron chi connectivity index (χ4n) is 1.12. The van der Waals surface area contributed by atoms with Gasteiger partial charge in [0.1, 0.15) is 0 Å². The highest BCUT2D eigenvalue weighted by Gasteiger charge is 2.23. The fraction of sp³-hybridized carbons (Fsp3) is 0.556. The van der Waals surface area contributed by atoms with Crippen LogP contribution in [0.1, 0.15) is 13.3 Å². The molecule has 2 N–H and O–H groups in total. The van der Waals surface area contributed by atoms with Crippen molar-refractivity contribution in [1.82, 2.24) is 0 Å². The summed E-state index contributed by atoms with van der Waals surface area (Å²) in [5, 5.41) is 17.2. The normalized spacial score (nSPS) is 23.4. The molecule has 1 unspecified atom stereocenters.